The summed E-state index contributed by atoms with van der Waals surface area (Å²) in [5, 5.41) is 0. The molecule has 0 unspecified atom stereocenters. The number of hydrogen-bond donors (Lipinski definition) is 0. The van der Waals surface area contributed by atoms with Crippen molar-refractivity contribution in [3.63, 3.8) is 0 Å². The van der Waals surface area contributed by atoms with E-state index in [-0.39, 0.29) is 17.8 Å². The van der Waals surface area contributed by atoms with E-state index >= 15 is 0 Å². The van der Waals surface area contributed by atoms with Gasteiger partial charge in [-0.05, 0) is 51.3 Å². The highest BCUT2D eigenvalue weighted by Crippen LogP contribution is 2.31. The molecule has 1 saturated heterocycles. The van der Waals surface area contributed by atoms with Crippen LogP contribution in [0.25, 0.3) is 10.2 Å². The van der Waals surface area contributed by atoms with Crippen LogP contribution in [0.5, 0.6) is 0 Å². The number of nitrogens with zero attached hydrogens (tertiary/aromatic N) is 2. The standard InChI is InChI=1S/C24H28N2O3S/c1-4-29-24(28)19-9-6-10-25(15-19)23(27)21-13-22-20(12-17(3)30-22)26(21)14-18-8-5-7-16(2)11-18/h5,7-8,11-13,19H,4,6,9-10,14-15H2,1-3H3/t19-/m0/s1. The largest absolute Gasteiger partial charge is 0.466 e. The van der Waals surface area contributed by atoms with Gasteiger partial charge in [0.05, 0.1) is 22.7 Å². The zero-order valence-corrected chi connectivity index (χ0v) is 18.6. The summed E-state index contributed by atoms with van der Waals surface area (Å²) in [6.45, 7) is 8.12. The first kappa shape index (κ1) is 20.7. The fraction of sp³-hybridized carbons (Fsp3) is 0.417. The minimum absolute atomic E-state index is 0.00213. The Morgan fingerprint density at radius 2 is 2.03 bits per heavy atom. The number of fused-ring (bicyclic) bond motifs is 1. The quantitative estimate of drug-likeness (QED) is 0.554. The topological polar surface area (TPSA) is 51.5 Å². The van der Waals surface area contributed by atoms with Crippen LogP contribution in [0.4, 0.5) is 0 Å². The third-order valence-corrected chi connectivity index (χ3v) is 6.67. The summed E-state index contributed by atoms with van der Waals surface area (Å²) in [4.78, 5) is 28.8. The van der Waals surface area contributed by atoms with Crippen molar-refractivity contribution in [1.82, 2.24) is 9.47 Å². The van der Waals surface area contributed by atoms with Crippen molar-refractivity contribution in [2.24, 2.45) is 5.92 Å². The van der Waals surface area contributed by atoms with Gasteiger partial charge >= 0.3 is 5.97 Å². The van der Waals surface area contributed by atoms with Crippen LogP contribution >= 0.6 is 11.3 Å². The summed E-state index contributed by atoms with van der Waals surface area (Å²) in [7, 11) is 0. The molecular formula is C24H28N2O3S. The van der Waals surface area contributed by atoms with Crippen LogP contribution in [0.1, 0.15) is 46.3 Å². The van der Waals surface area contributed by atoms with Crippen molar-refractivity contribution in [1.29, 1.82) is 0 Å². The smallest absolute Gasteiger partial charge is 0.310 e. The third-order valence-electron chi connectivity index (χ3n) is 5.68. The normalized spacial score (nSPS) is 16.8. The van der Waals surface area contributed by atoms with Crippen molar-refractivity contribution in [2.75, 3.05) is 19.7 Å². The van der Waals surface area contributed by atoms with Crippen LogP contribution in [-0.4, -0.2) is 41.0 Å². The van der Waals surface area contributed by atoms with Gasteiger partial charge in [-0.1, -0.05) is 29.8 Å². The second-order valence-electron chi connectivity index (χ2n) is 8.05. The van der Waals surface area contributed by atoms with Gasteiger partial charge < -0.3 is 14.2 Å². The molecule has 1 aliphatic heterocycles. The van der Waals surface area contributed by atoms with Crippen molar-refractivity contribution in [3.05, 3.63) is 58.1 Å². The number of rotatable bonds is 5. The highest BCUT2D eigenvalue weighted by atomic mass is 32.1. The molecule has 1 aromatic carbocycles. The number of ether oxygens (including phenoxy) is 1. The molecule has 0 aliphatic carbocycles. The molecule has 0 N–H and O–H groups in total. The minimum Gasteiger partial charge on any atom is -0.466 e. The Hall–Kier alpha value is -2.60. The third kappa shape index (κ3) is 4.15. The Labute approximate surface area is 181 Å². The van der Waals surface area contributed by atoms with Crippen LogP contribution in [0.2, 0.25) is 0 Å². The monoisotopic (exact) mass is 424 g/mol. The maximum absolute atomic E-state index is 13.5. The molecule has 0 bridgehead atoms. The number of thiophene rings is 1. The lowest BCUT2D eigenvalue weighted by Crippen LogP contribution is -2.43. The van der Waals surface area contributed by atoms with Crippen LogP contribution in [0, 0.1) is 19.8 Å². The van der Waals surface area contributed by atoms with E-state index in [0.717, 1.165) is 23.1 Å². The zero-order valence-electron chi connectivity index (χ0n) is 17.8. The van der Waals surface area contributed by atoms with E-state index in [4.69, 9.17) is 4.74 Å². The number of amides is 1. The van der Waals surface area contributed by atoms with E-state index in [0.29, 0.717) is 31.9 Å². The maximum atomic E-state index is 13.5. The first-order chi connectivity index (χ1) is 14.5. The van der Waals surface area contributed by atoms with Crippen LogP contribution in [0.3, 0.4) is 0 Å². The SMILES string of the molecule is CCOC(=O)[C@H]1CCCN(C(=O)c2cc3sc(C)cc3n2Cc2cccc(C)c2)C1. The van der Waals surface area contributed by atoms with Gasteiger partial charge in [-0.2, -0.15) is 0 Å². The van der Waals surface area contributed by atoms with Crippen LogP contribution in [0.15, 0.2) is 36.4 Å². The zero-order chi connectivity index (χ0) is 21.3. The highest BCUT2D eigenvalue weighted by molar-refractivity contribution is 7.19. The van der Waals surface area contributed by atoms with Crippen LogP contribution < -0.4 is 0 Å². The van der Waals surface area contributed by atoms with Gasteiger partial charge in [-0.25, -0.2) is 0 Å². The molecule has 2 aromatic heterocycles. The van der Waals surface area contributed by atoms with Gasteiger partial charge in [-0.15, -0.1) is 11.3 Å². The number of aromatic nitrogens is 1. The lowest BCUT2D eigenvalue weighted by atomic mass is 9.98. The molecule has 30 heavy (non-hydrogen) atoms. The molecule has 1 aliphatic rings. The highest BCUT2D eigenvalue weighted by Gasteiger charge is 2.31. The Morgan fingerprint density at radius 1 is 1.20 bits per heavy atom. The molecule has 0 radical (unpaired) electrons. The molecule has 3 heterocycles. The van der Waals surface area contributed by atoms with Crippen molar-refractivity contribution in [3.8, 4) is 0 Å². The lowest BCUT2D eigenvalue weighted by molar-refractivity contribution is -0.149. The molecule has 0 saturated carbocycles. The van der Waals surface area contributed by atoms with Gasteiger partial charge in [-0.3, -0.25) is 9.59 Å². The van der Waals surface area contributed by atoms with E-state index in [2.05, 4.69) is 48.7 Å². The Kier molecular flexibility index (Phi) is 5.95. The van der Waals surface area contributed by atoms with Crippen molar-refractivity contribution in [2.45, 2.75) is 40.2 Å². The minimum atomic E-state index is -0.230. The maximum Gasteiger partial charge on any atom is 0.310 e. The average Bonchev–Trinajstić information content (AvgIpc) is 3.25. The predicted octanol–water partition coefficient (Wildman–Crippen LogP) is 4.78. The van der Waals surface area contributed by atoms with E-state index in [1.54, 1.807) is 11.3 Å². The number of piperidine rings is 1. The van der Waals surface area contributed by atoms with E-state index in [9.17, 15) is 9.59 Å². The Balaban J connectivity index is 1.65. The number of likely N-dealkylation sites (tertiary alicyclic amines) is 1. The number of esters is 1. The number of aryl methyl sites for hydroxylation is 2. The number of benzene rings is 1. The fourth-order valence-corrected chi connectivity index (χ4v) is 5.24. The number of carbonyl (C=O) groups excluding carboxylic acids is 2. The molecule has 4 rings (SSSR count). The average molecular weight is 425 g/mol. The molecular weight excluding hydrogens is 396 g/mol. The van der Waals surface area contributed by atoms with Crippen LogP contribution in [-0.2, 0) is 16.1 Å². The Bertz CT molecular complexity index is 1080. The molecule has 1 amide bonds. The van der Waals surface area contributed by atoms with Gasteiger partial charge in [0.1, 0.15) is 5.69 Å². The summed E-state index contributed by atoms with van der Waals surface area (Å²) >= 11 is 1.71. The summed E-state index contributed by atoms with van der Waals surface area (Å²) < 4.78 is 8.45. The van der Waals surface area contributed by atoms with Crippen molar-refractivity contribution >= 4 is 33.4 Å². The van der Waals surface area contributed by atoms with Crippen molar-refractivity contribution < 1.29 is 14.3 Å². The molecule has 6 heteroatoms. The molecule has 5 nitrogen and oxygen atoms in total. The molecule has 1 fully saturated rings. The second-order valence-corrected chi connectivity index (χ2v) is 9.34. The summed E-state index contributed by atoms with van der Waals surface area (Å²) in [6.07, 6.45) is 1.60. The Morgan fingerprint density at radius 3 is 2.80 bits per heavy atom. The van der Waals surface area contributed by atoms with E-state index < -0.39 is 0 Å². The lowest BCUT2D eigenvalue weighted by Gasteiger charge is -2.31. The van der Waals surface area contributed by atoms with Gasteiger partial charge in [0, 0.05) is 24.5 Å². The molecule has 1 atom stereocenters. The number of hydrogen-bond acceptors (Lipinski definition) is 4. The van der Waals surface area contributed by atoms with Gasteiger partial charge in [0.25, 0.3) is 5.91 Å². The molecule has 158 valence electrons. The fourth-order valence-electron chi connectivity index (χ4n) is 4.28. The second kappa shape index (κ2) is 8.64. The van der Waals surface area contributed by atoms with Gasteiger partial charge in [0.2, 0.25) is 0 Å². The summed E-state index contributed by atoms with van der Waals surface area (Å²) in [6, 6.07) is 12.6. The van der Waals surface area contributed by atoms with Gasteiger partial charge in [0.15, 0.2) is 0 Å². The summed E-state index contributed by atoms with van der Waals surface area (Å²) in [5.41, 5.74) is 4.18. The first-order valence-electron chi connectivity index (χ1n) is 10.6. The predicted molar refractivity (Wildman–Crippen MR) is 120 cm³/mol. The molecule has 0 spiro atoms. The number of carbonyl (C=O) groups is 2. The van der Waals surface area contributed by atoms with E-state index in [1.807, 2.05) is 17.9 Å². The van der Waals surface area contributed by atoms with E-state index in [1.165, 1.54) is 16.0 Å². The summed E-state index contributed by atoms with van der Waals surface area (Å²) in [5.74, 6) is -0.425. The first-order valence-corrected chi connectivity index (χ1v) is 11.4. The molecule has 3 aromatic rings.